The lowest BCUT2D eigenvalue weighted by atomic mass is 10.2. The minimum absolute atomic E-state index is 0.0173. The van der Waals surface area contributed by atoms with E-state index in [0.717, 1.165) is 19.5 Å². The van der Waals surface area contributed by atoms with Crippen LogP contribution in [-0.4, -0.2) is 22.1 Å². The predicted octanol–water partition coefficient (Wildman–Crippen LogP) is 0.631. The largest absolute Gasteiger partial charge is 0.314 e. The lowest BCUT2D eigenvalue weighted by Gasteiger charge is -2.12. The molecule has 78 valence electrons. The topological polar surface area (TPSA) is 46.9 Å². The molecule has 0 bridgehead atoms. The van der Waals surface area contributed by atoms with Gasteiger partial charge < -0.3 is 5.32 Å². The Labute approximate surface area is 84.0 Å². The predicted molar refractivity (Wildman–Crippen MR) is 56.3 cm³/mol. The van der Waals surface area contributed by atoms with Gasteiger partial charge in [-0.05, 0) is 19.9 Å². The van der Waals surface area contributed by atoms with Gasteiger partial charge in [-0.1, -0.05) is 6.92 Å². The first-order chi connectivity index (χ1) is 6.74. The first kappa shape index (κ1) is 10.9. The Bertz CT molecular complexity index is 321. The number of aromatic nitrogens is 2. The van der Waals surface area contributed by atoms with E-state index >= 15 is 0 Å². The van der Waals surface area contributed by atoms with Crippen LogP contribution in [0.15, 0.2) is 23.4 Å². The van der Waals surface area contributed by atoms with Crippen LogP contribution < -0.4 is 10.9 Å². The molecule has 1 atom stereocenters. The van der Waals surface area contributed by atoms with Crippen LogP contribution in [0.5, 0.6) is 0 Å². The second-order valence-corrected chi connectivity index (χ2v) is 3.36. The highest BCUT2D eigenvalue weighted by Gasteiger charge is 2.00. The number of aryl methyl sites for hydroxylation is 1. The number of nitrogens with zero attached hydrogens (tertiary/aromatic N) is 2. The summed E-state index contributed by atoms with van der Waals surface area (Å²) in [6.45, 7) is 5.88. The summed E-state index contributed by atoms with van der Waals surface area (Å²) in [6, 6.07) is 1.92. The zero-order valence-corrected chi connectivity index (χ0v) is 8.73. The van der Waals surface area contributed by atoms with Crippen LogP contribution in [0.3, 0.4) is 0 Å². The first-order valence-electron chi connectivity index (χ1n) is 4.98. The molecule has 1 aromatic heterocycles. The Morgan fingerprint density at radius 2 is 2.43 bits per heavy atom. The maximum Gasteiger partial charge on any atom is 0.253 e. The highest BCUT2D eigenvalue weighted by molar-refractivity contribution is 4.82. The van der Waals surface area contributed by atoms with Gasteiger partial charge in [0.2, 0.25) is 0 Å². The van der Waals surface area contributed by atoms with E-state index in [1.165, 1.54) is 12.3 Å². The molecule has 0 radical (unpaired) electrons. The molecule has 1 heterocycles. The van der Waals surface area contributed by atoms with Crippen molar-refractivity contribution in [3.63, 3.8) is 0 Å². The van der Waals surface area contributed by atoms with Crippen LogP contribution in [0.4, 0.5) is 0 Å². The van der Waals surface area contributed by atoms with Crippen LogP contribution in [0.25, 0.3) is 0 Å². The van der Waals surface area contributed by atoms with Crippen molar-refractivity contribution in [2.24, 2.45) is 0 Å². The summed E-state index contributed by atoms with van der Waals surface area (Å²) in [5.41, 5.74) is 0.0173. The number of rotatable bonds is 5. The number of hydrogen-bond donors (Lipinski definition) is 1. The second kappa shape index (κ2) is 5.54. The van der Waals surface area contributed by atoms with E-state index in [2.05, 4.69) is 24.1 Å². The van der Waals surface area contributed by atoms with Crippen molar-refractivity contribution in [2.75, 3.05) is 6.54 Å². The van der Waals surface area contributed by atoms with Gasteiger partial charge in [0.1, 0.15) is 0 Å². The van der Waals surface area contributed by atoms with E-state index in [9.17, 15) is 4.79 Å². The number of nitrogens with one attached hydrogen (secondary N) is 1. The van der Waals surface area contributed by atoms with Crippen molar-refractivity contribution in [3.05, 3.63) is 28.9 Å². The second-order valence-electron chi connectivity index (χ2n) is 3.36. The third-order valence-electron chi connectivity index (χ3n) is 2.15. The molecule has 0 amide bonds. The van der Waals surface area contributed by atoms with E-state index in [0.29, 0.717) is 6.04 Å². The fraction of sp³-hybridized carbons (Fsp3) is 0.600. The summed E-state index contributed by atoms with van der Waals surface area (Å²) in [5.74, 6) is 0. The Hall–Kier alpha value is -1.16. The van der Waals surface area contributed by atoms with Gasteiger partial charge in [-0.3, -0.25) is 9.36 Å². The summed E-state index contributed by atoms with van der Waals surface area (Å²) in [6.07, 6.45) is 4.05. The lowest BCUT2D eigenvalue weighted by Crippen LogP contribution is -2.29. The maximum atomic E-state index is 11.3. The van der Waals surface area contributed by atoms with Gasteiger partial charge in [-0.2, -0.15) is 0 Å². The molecule has 1 N–H and O–H groups in total. The zero-order chi connectivity index (χ0) is 10.4. The fourth-order valence-corrected chi connectivity index (χ4v) is 1.33. The van der Waals surface area contributed by atoms with Crippen LogP contribution in [0.2, 0.25) is 0 Å². The summed E-state index contributed by atoms with van der Waals surface area (Å²) in [7, 11) is 0. The highest BCUT2D eigenvalue weighted by atomic mass is 16.1. The zero-order valence-electron chi connectivity index (χ0n) is 8.73. The van der Waals surface area contributed by atoms with Gasteiger partial charge in [0.15, 0.2) is 0 Å². The Kier molecular flexibility index (Phi) is 4.32. The third-order valence-corrected chi connectivity index (χ3v) is 2.15. The Morgan fingerprint density at radius 3 is 3.07 bits per heavy atom. The molecule has 0 fully saturated rings. The van der Waals surface area contributed by atoms with Gasteiger partial charge >= 0.3 is 0 Å². The molecule has 1 aromatic rings. The van der Waals surface area contributed by atoms with Crippen molar-refractivity contribution in [1.29, 1.82) is 0 Å². The molecule has 14 heavy (non-hydrogen) atoms. The van der Waals surface area contributed by atoms with Crippen LogP contribution in [0, 0.1) is 0 Å². The van der Waals surface area contributed by atoms with Crippen LogP contribution in [-0.2, 0) is 6.54 Å². The van der Waals surface area contributed by atoms with E-state index in [1.54, 1.807) is 10.9 Å². The average molecular weight is 195 g/mol. The quantitative estimate of drug-likeness (QED) is 0.749. The summed E-state index contributed by atoms with van der Waals surface area (Å²) in [5, 5.41) is 3.30. The minimum atomic E-state index is 0.0173. The molecule has 1 rings (SSSR count). The summed E-state index contributed by atoms with van der Waals surface area (Å²) < 4.78 is 1.63. The molecule has 4 nitrogen and oxygen atoms in total. The van der Waals surface area contributed by atoms with Crippen molar-refractivity contribution in [1.82, 2.24) is 14.9 Å². The normalized spacial score (nSPS) is 12.7. The molecule has 0 saturated heterocycles. The molecule has 0 aliphatic carbocycles. The van der Waals surface area contributed by atoms with Crippen molar-refractivity contribution < 1.29 is 0 Å². The molecule has 0 aromatic carbocycles. The number of hydrogen-bond acceptors (Lipinski definition) is 3. The molecular formula is C10H17N3O. The van der Waals surface area contributed by atoms with E-state index in [4.69, 9.17) is 0 Å². The molecule has 0 saturated carbocycles. The molecule has 0 aliphatic rings. The molecule has 1 unspecified atom stereocenters. The third kappa shape index (κ3) is 3.30. The Balaban J connectivity index is 2.46. The monoisotopic (exact) mass is 195 g/mol. The highest BCUT2D eigenvalue weighted by Crippen LogP contribution is 1.92. The van der Waals surface area contributed by atoms with Gasteiger partial charge in [0.25, 0.3) is 5.56 Å². The molecule has 0 aliphatic heterocycles. The van der Waals surface area contributed by atoms with Crippen LogP contribution in [0.1, 0.15) is 20.3 Å². The minimum Gasteiger partial charge on any atom is -0.314 e. The molecule has 4 heteroatoms. The van der Waals surface area contributed by atoms with Crippen molar-refractivity contribution in [3.8, 4) is 0 Å². The smallest absolute Gasteiger partial charge is 0.253 e. The maximum absolute atomic E-state index is 11.3. The summed E-state index contributed by atoms with van der Waals surface area (Å²) >= 11 is 0. The van der Waals surface area contributed by atoms with Gasteiger partial charge in [-0.15, -0.1) is 0 Å². The van der Waals surface area contributed by atoms with E-state index in [-0.39, 0.29) is 5.56 Å². The Morgan fingerprint density at radius 1 is 1.64 bits per heavy atom. The van der Waals surface area contributed by atoms with Gasteiger partial charge in [0.05, 0.1) is 6.33 Å². The van der Waals surface area contributed by atoms with Gasteiger partial charge in [-0.25, -0.2) is 4.98 Å². The molecular weight excluding hydrogens is 178 g/mol. The standard InChI is InChI=1S/C10H17N3O/c1-3-12-9(2)5-7-13-8-11-6-4-10(13)14/h4,6,8-9,12H,3,5,7H2,1-2H3. The van der Waals surface area contributed by atoms with Crippen molar-refractivity contribution >= 4 is 0 Å². The summed E-state index contributed by atoms with van der Waals surface area (Å²) in [4.78, 5) is 15.2. The average Bonchev–Trinajstić information content (AvgIpc) is 2.17. The van der Waals surface area contributed by atoms with E-state index < -0.39 is 0 Å². The first-order valence-corrected chi connectivity index (χ1v) is 4.98. The van der Waals surface area contributed by atoms with Gasteiger partial charge in [0, 0.05) is 24.8 Å². The lowest BCUT2D eigenvalue weighted by molar-refractivity contribution is 0.479. The SMILES string of the molecule is CCNC(C)CCn1cnccc1=O. The molecule has 0 spiro atoms. The van der Waals surface area contributed by atoms with Crippen LogP contribution >= 0.6 is 0 Å². The van der Waals surface area contributed by atoms with E-state index in [1.807, 2.05) is 0 Å². The van der Waals surface area contributed by atoms with Crippen molar-refractivity contribution in [2.45, 2.75) is 32.9 Å². The fourth-order valence-electron chi connectivity index (χ4n) is 1.33.